The standard InChI is InChI=1S/C26H25BrN4OS/c27-22-10-11-23-24(18-22)33-26(29-23)31-16-14-30(15-17-31)13-12-28-25(32)21-8-6-20(7-9-21)19-4-2-1-3-5-19/h1-11,18H,12-17H2,(H,28,32). The van der Waals surface area contributed by atoms with E-state index in [-0.39, 0.29) is 5.91 Å². The first kappa shape index (κ1) is 22.1. The smallest absolute Gasteiger partial charge is 0.251 e. The number of hydrogen-bond acceptors (Lipinski definition) is 5. The maximum atomic E-state index is 12.5. The third-order valence-electron chi connectivity index (χ3n) is 5.95. The average Bonchev–Trinajstić information content (AvgIpc) is 3.28. The Balaban J connectivity index is 1.08. The first-order valence-corrected chi connectivity index (χ1v) is 12.7. The van der Waals surface area contributed by atoms with Crippen molar-refractivity contribution >= 4 is 48.5 Å². The van der Waals surface area contributed by atoms with Crippen LogP contribution < -0.4 is 10.2 Å². The molecule has 1 aliphatic rings. The van der Waals surface area contributed by atoms with E-state index in [1.165, 1.54) is 4.70 Å². The number of carbonyl (C=O) groups excluding carboxylic acids is 1. The van der Waals surface area contributed by atoms with Gasteiger partial charge in [-0.3, -0.25) is 9.69 Å². The Bertz CT molecular complexity index is 1230. The molecular weight excluding hydrogens is 496 g/mol. The molecule has 7 heteroatoms. The molecule has 5 nitrogen and oxygen atoms in total. The number of benzene rings is 3. The van der Waals surface area contributed by atoms with E-state index in [0.717, 1.165) is 59.0 Å². The molecule has 3 aromatic carbocycles. The lowest BCUT2D eigenvalue weighted by Gasteiger charge is -2.34. The van der Waals surface area contributed by atoms with E-state index in [0.29, 0.717) is 12.1 Å². The van der Waals surface area contributed by atoms with Gasteiger partial charge in [-0.15, -0.1) is 0 Å². The maximum Gasteiger partial charge on any atom is 0.251 e. The Morgan fingerprint density at radius 3 is 2.42 bits per heavy atom. The molecule has 1 aliphatic heterocycles. The van der Waals surface area contributed by atoms with Crippen LogP contribution in [0.15, 0.2) is 77.3 Å². The molecule has 1 N–H and O–H groups in total. The predicted octanol–water partition coefficient (Wildman–Crippen LogP) is 5.28. The van der Waals surface area contributed by atoms with Gasteiger partial charge in [-0.1, -0.05) is 69.7 Å². The van der Waals surface area contributed by atoms with Crippen molar-refractivity contribution in [3.8, 4) is 11.1 Å². The molecule has 2 heterocycles. The van der Waals surface area contributed by atoms with Gasteiger partial charge in [0.25, 0.3) is 5.91 Å². The third-order valence-corrected chi connectivity index (χ3v) is 7.52. The topological polar surface area (TPSA) is 48.5 Å². The van der Waals surface area contributed by atoms with Crippen molar-refractivity contribution in [2.75, 3.05) is 44.2 Å². The average molecular weight is 521 g/mol. The molecule has 1 saturated heterocycles. The fourth-order valence-electron chi connectivity index (χ4n) is 4.06. The lowest BCUT2D eigenvalue weighted by Crippen LogP contribution is -2.48. The quantitative estimate of drug-likeness (QED) is 0.375. The number of anilines is 1. The van der Waals surface area contributed by atoms with Gasteiger partial charge in [-0.25, -0.2) is 4.98 Å². The fraction of sp³-hybridized carbons (Fsp3) is 0.231. The Morgan fingerprint density at radius 1 is 0.939 bits per heavy atom. The second-order valence-corrected chi connectivity index (χ2v) is 10.1. The van der Waals surface area contributed by atoms with Crippen LogP contribution in [0.25, 0.3) is 21.3 Å². The summed E-state index contributed by atoms with van der Waals surface area (Å²) in [6.45, 7) is 5.36. The summed E-state index contributed by atoms with van der Waals surface area (Å²) in [5.74, 6) is -0.0196. The van der Waals surface area contributed by atoms with E-state index in [1.807, 2.05) is 48.5 Å². The number of rotatable bonds is 6. The predicted molar refractivity (Wildman–Crippen MR) is 140 cm³/mol. The summed E-state index contributed by atoms with van der Waals surface area (Å²) in [5, 5.41) is 4.16. The molecule has 33 heavy (non-hydrogen) atoms. The summed E-state index contributed by atoms with van der Waals surface area (Å²) >= 11 is 5.28. The van der Waals surface area contributed by atoms with Crippen LogP contribution in [-0.2, 0) is 0 Å². The minimum atomic E-state index is -0.0196. The molecule has 1 amide bonds. The van der Waals surface area contributed by atoms with Gasteiger partial charge < -0.3 is 10.2 Å². The second kappa shape index (κ2) is 10.0. The molecule has 5 rings (SSSR count). The number of piperazine rings is 1. The maximum absolute atomic E-state index is 12.5. The Kier molecular flexibility index (Phi) is 6.71. The summed E-state index contributed by atoms with van der Waals surface area (Å²) in [4.78, 5) is 22.1. The minimum absolute atomic E-state index is 0.0196. The van der Waals surface area contributed by atoms with Gasteiger partial charge in [0, 0.05) is 49.3 Å². The van der Waals surface area contributed by atoms with E-state index >= 15 is 0 Å². The van der Waals surface area contributed by atoms with Gasteiger partial charge in [0.1, 0.15) is 0 Å². The van der Waals surface area contributed by atoms with Crippen molar-refractivity contribution in [2.45, 2.75) is 0 Å². The Morgan fingerprint density at radius 2 is 1.67 bits per heavy atom. The first-order chi connectivity index (χ1) is 16.2. The zero-order valence-electron chi connectivity index (χ0n) is 18.2. The van der Waals surface area contributed by atoms with Crippen LogP contribution in [0.4, 0.5) is 5.13 Å². The van der Waals surface area contributed by atoms with E-state index in [1.54, 1.807) is 11.3 Å². The first-order valence-electron chi connectivity index (χ1n) is 11.1. The summed E-state index contributed by atoms with van der Waals surface area (Å²) in [5.41, 5.74) is 4.02. The van der Waals surface area contributed by atoms with Crippen molar-refractivity contribution in [1.82, 2.24) is 15.2 Å². The molecule has 0 radical (unpaired) electrons. The highest BCUT2D eigenvalue weighted by Crippen LogP contribution is 2.31. The number of nitrogens with one attached hydrogen (secondary N) is 1. The van der Waals surface area contributed by atoms with Gasteiger partial charge in [0.15, 0.2) is 5.13 Å². The van der Waals surface area contributed by atoms with Crippen LogP contribution >= 0.6 is 27.3 Å². The second-order valence-electron chi connectivity index (χ2n) is 8.14. The van der Waals surface area contributed by atoms with Crippen molar-refractivity contribution < 1.29 is 4.79 Å². The SMILES string of the molecule is O=C(NCCN1CCN(c2nc3ccc(Br)cc3s2)CC1)c1ccc(-c2ccccc2)cc1. The lowest BCUT2D eigenvalue weighted by molar-refractivity contribution is 0.0948. The molecule has 0 aliphatic carbocycles. The number of thiazole rings is 1. The Labute approximate surface area is 206 Å². The van der Waals surface area contributed by atoms with Crippen molar-refractivity contribution in [3.63, 3.8) is 0 Å². The molecule has 0 spiro atoms. The van der Waals surface area contributed by atoms with Crippen molar-refractivity contribution in [1.29, 1.82) is 0 Å². The molecular formula is C26H25BrN4OS. The van der Waals surface area contributed by atoms with Crippen LogP contribution in [0.1, 0.15) is 10.4 Å². The van der Waals surface area contributed by atoms with Gasteiger partial charge in [-0.2, -0.15) is 0 Å². The number of halogens is 1. The van der Waals surface area contributed by atoms with Crippen LogP contribution in [-0.4, -0.2) is 55.1 Å². The van der Waals surface area contributed by atoms with Crippen LogP contribution in [0, 0.1) is 0 Å². The number of hydrogen-bond donors (Lipinski definition) is 1. The number of aromatic nitrogens is 1. The molecule has 0 saturated carbocycles. The van der Waals surface area contributed by atoms with Crippen LogP contribution in [0.2, 0.25) is 0 Å². The summed E-state index contributed by atoms with van der Waals surface area (Å²) in [7, 11) is 0. The van der Waals surface area contributed by atoms with Gasteiger partial charge in [0.2, 0.25) is 0 Å². The highest BCUT2D eigenvalue weighted by atomic mass is 79.9. The normalized spacial score (nSPS) is 14.5. The Hall–Kier alpha value is -2.74. The van der Waals surface area contributed by atoms with Crippen LogP contribution in [0.3, 0.4) is 0 Å². The highest BCUT2D eigenvalue weighted by molar-refractivity contribution is 9.10. The number of carbonyl (C=O) groups is 1. The number of fused-ring (bicyclic) bond motifs is 1. The molecule has 1 fully saturated rings. The van der Waals surface area contributed by atoms with Crippen LogP contribution in [0.5, 0.6) is 0 Å². The summed E-state index contributed by atoms with van der Waals surface area (Å²) < 4.78 is 2.30. The molecule has 1 aromatic heterocycles. The van der Waals surface area contributed by atoms with E-state index in [4.69, 9.17) is 4.98 Å². The van der Waals surface area contributed by atoms with Crippen molar-refractivity contribution in [2.24, 2.45) is 0 Å². The van der Waals surface area contributed by atoms with Gasteiger partial charge in [0.05, 0.1) is 10.2 Å². The third kappa shape index (κ3) is 5.27. The molecule has 0 unspecified atom stereocenters. The summed E-state index contributed by atoms with van der Waals surface area (Å²) in [6.07, 6.45) is 0. The zero-order chi connectivity index (χ0) is 22.6. The minimum Gasteiger partial charge on any atom is -0.351 e. The van der Waals surface area contributed by atoms with E-state index < -0.39 is 0 Å². The number of amides is 1. The lowest BCUT2D eigenvalue weighted by atomic mass is 10.0. The van der Waals surface area contributed by atoms with E-state index in [9.17, 15) is 4.79 Å². The molecule has 168 valence electrons. The largest absolute Gasteiger partial charge is 0.351 e. The highest BCUT2D eigenvalue weighted by Gasteiger charge is 2.20. The monoisotopic (exact) mass is 520 g/mol. The number of nitrogens with zero attached hydrogens (tertiary/aromatic N) is 3. The molecule has 0 atom stereocenters. The molecule has 0 bridgehead atoms. The summed E-state index contributed by atoms with van der Waals surface area (Å²) in [6, 6.07) is 24.2. The van der Waals surface area contributed by atoms with Gasteiger partial charge in [-0.05, 0) is 41.5 Å². The van der Waals surface area contributed by atoms with Crippen molar-refractivity contribution in [3.05, 3.63) is 82.8 Å². The van der Waals surface area contributed by atoms with E-state index in [2.05, 4.69) is 55.3 Å². The fourth-order valence-corrected chi connectivity index (χ4v) is 5.63. The zero-order valence-corrected chi connectivity index (χ0v) is 20.6. The van der Waals surface area contributed by atoms with Gasteiger partial charge >= 0.3 is 0 Å². The molecule has 4 aromatic rings.